The molecule has 3 rings (SSSR count). The number of anilines is 1. The van der Waals surface area contributed by atoms with Gasteiger partial charge in [0.25, 0.3) is 0 Å². The molecule has 28 heavy (non-hydrogen) atoms. The highest BCUT2D eigenvalue weighted by molar-refractivity contribution is 6.31. The van der Waals surface area contributed by atoms with Crippen molar-refractivity contribution in [3.8, 4) is 5.75 Å². The molecule has 0 atom stereocenters. The van der Waals surface area contributed by atoms with E-state index in [0.717, 1.165) is 34.1 Å². The molecular formula is C20H24ClN5O2. The Hall–Kier alpha value is -2.80. The predicted octanol–water partition coefficient (Wildman–Crippen LogP) is 3.74. The van der Waals surface area contributed by atoms with Gasteiger partial charge in [-0.3, -0.25) is 14.2 Å². The van der Waals surface area contributed by atoms with E-state index in [-0.39, 0.29) is 5.91 Å². The van der Waals surface area contributed by atoms with Crippen molar-refractivity contribution in [3.05, 3.63) is 58.1 Å². The Balaban J connectivity index is 1.67. The molecule has 0 spiro atoms. The number of aryl methyl sites for hydroxylation is 2. The van der Waals surface area contributed by atoms with Gasteiger partial charge in [-0.2, -0.15) is 10.2 Å². The molecule has 0 bridgehead atoms. The van der Waals surface area contributed by atoms with Crippen LogP contribution in [0.15, 0.2) is 30.5 Å². The van der Waals surface area contributed by atoms with E-state index < -0.39 is 0 Å². The lowest BCUT2D eigenvalue weighted by Crippen LogP contribution is -2.16. The minimum absolute atomic E-state index is 0.0850. The summed E-state index contributed by atoms with van der Waals surface area (Å²) in [7, 11) is 1.65. The van der Waals surface area contributed by atoms with Gasteiger partial charge in [0.05, 0.1) is 54.2 Å². The Morgan fingerprint density at radius 2 is 2.00 bits per heavy atom. The van der Waals surface area contributed by atoms with Crippen LogP contribution in [0.3, 0.4) is 0 Å². The molecule has 2 aromatic heterocycles. The fourth-order valence-electron chi connectivity index (χ4n) is 3.03. The number of nitrogens with zero attached hydrogens (tertiary/aromatic N) is 4. The summed E-state index contributed by atoms with van der Waals surface area (Å²) >= 11 is 6.00. The maximum Gasteiger partial charge on any atom is 0.226 e. The third-order valence-corrected chi connectivity index (χ3v) is 5.08. The third kappa shape index (κ3) is 4.36. The number of carbonyl (C=O) groups is 1. The lowest BCUT2D eigenvalue weighted by atomic mass is 10.2. The van der Waals surface area contributed by atoms with Crippen molar-refractivity contribution in [3.63, 3.8) is 0 Å². The van der Waals surface area contributed by atoms with Crippen LogP contribution in [0.5, 0.6) is 5.75 Å². The number of amides is 1. The summed E-state index contributed by atoms with van der Waals surface area (Å²) in [4.78, 5) is 12.4. The largest absolute Gasteiger partial charge is 0.497 e. The number of methoxy groups -OCH3 is 1. The third-order valence-electron chi connectivity index (χ3n) is 4.71. The highest BCUT2D eigenvalue weighted by Gasteiger charge is 2.15. The fourth-order valence-corrected chi connectivity index (χ4v) is 3.18. The fraction of sp³-hybridized carbons (Fsp3) is 0.350. The van der Waals surface area contributed by atoms with Crippen molar-refractivity contribution in [1.29, 1.82) is 0 Å². The predicted molar refractivity (Wildman–Crippen MR) is 109 cm³/mol. The second kappa shape index (κ2) is 8.48. The summed E-state index contributed by atoms with van der Waals surface area (Å²) in [6.07, 6.45) is 1.89. The summed E-state index contributed by atoms with van der Waals surface area (Å²) in [5, 5.41) is 12.3. The molecule has 3 aromatic rings. The van der Waals surface area contributed by atoms with E-state index in [2.05, 4.69) is 15.5 Å². The average molecular weight is 402 g/mol. The van der Waals surface area contributed by atoms with E-state index in [9.17, 15) is 4.79 Å². The van der Waals surface area contributed by atoms with Crippen molar-refractivity contribution in [2.24, 2.45) is 0 Å². The molecule has 0 aliphatic heterocycles. The summed E-state index contributed by atoms with van der Waals surface area (Å²) in [5.74, 6) is 0.722. The molecule has 0 fully saturated rings. The molecular weight excluding hydrogens is 378 g/mol. The summed E-state index contributed by atoms with van der Waals surface area (Å²) in [6, 6.07) is 7.86. The minimum atomic E-state index is -0.0850. The molecule has 0 radical (unpaired) electrons. The molecule has 7 nitrogen and oxygen atoms in total. The van der Waals surface area contributed by atoms with Gasteiger partial charge in [0.15, 0.2) is 0 Å². The topological polar surface area (TPSA) is 74.0 Å². The normalized spacial score (nSPS) is 10.9. The van der Waals surface area contributed by atoms with Gasteiger partial charge in [-0.05, 0) is 38.5 Å². The minimum Gasteiger partial charge on any atom is -0.497 e. The van der Waals surface area contributed by atoms with Gasteiger partial charge >= 0.3 is 0 Å². The summed E-state index contributed by atoms with van der Waals surface area (Å²) in [5.41, 5.74) is 4.38. The second-order valence-corrected chi connectivity index (χ2v) is 7.06. The van der Waals surface area contributed by atoms with Crippen LogP contribution in [0.4, 0.5) is 5.69 Å². The van der Waals surface area contributed by atoms with Crippen LogP contribution in [0, 0.1) is 20.8 Å². The van der Waals surface area contributed by atoms with Gasteiger partial charge in [0, 0.05) is 6.42 Å². The Labute approximate surface area is 169 Å². The Bertz CT molecular complexity index is 993. The smallest absolute Gasteiger partial charge is 0.226 e. The van der Waals surface area contributed by atoms with E-state index in [1.165, 1.54) is 0 Å². The molecule has 0 saturated heterocycles. The maximum absolute atomic E-state index is 12.4. The molecule has 0 aliphatic carbocycles. The molecule has 2 heterocycles. The van der Waals surface area contributed by atoms with Crippen LogP contribution in [0.25, 0.3) is 0 Å². The van der Waals surface area contributed by atoms with Crippen LogP contribution >= 0.6 is 11.6 Å². The number of halogens is 1. The first-order chi connectivity index (χ1) is 13.4. The summed E-state index contributed by atoms with van der Waals surface area (Å²) in [6.45, 7) is 6.80. The number of hydrogen-bond donors (Lipinski definition) is 1. The van der Waals surface area contributed by atoms with Gasteiger partial charge in [0.2, 0.25) is 5.91 Å². The van der Waals surface area contributed by atoms with E-state index in [4.69, 9.17) is 16.3 Å². The number of rotatable bonds is 7. The number of nitrogens with one attached hydrogen (secondary N) is 1. The standard InChI is InChI=1S/C20H24ClN5O2/c1-13-20(23-19(27)8-9-25-14(2)18(21)11-22-25)15(3)26(24-13)12-16-6-5-7-17(10-16)28-4/h5-7,10-11H,8-9,12H2,1-4H3,(H,23,27). The first-order valence-corrected chi connectivity index (χ1v) is 9.41. The van der Waals surface area contributed by atoms with E-state index in [1.54, 1.807) is 18.0 Å². The van der Waals surface area contributed by atoms with Gasteiger partial charge in [0.1, 0.15) is 5.75 Å². The SMILES string of the molecule is COc1cccc(Cn2nc(C)c(NC(=O)CCn3ncc(Cl)c3C)c2C)c1. The highest BCUT2D eigenvalue weighted by atomic mass is 35.5. The molecule has 148 valence electrons. The zero-order valence-corrected chi connectivity index (χ0v) is 17.2. The molecule has 1 amide bonds. The number of ether oxygens (including phenoxy) is 1. The zero-order valence-electron chi connectivity index (χ0n) is 16.5. The van der Waals surface area contributed by atoms with E-state index >= 15 is 0 Å². The van der Waals surface area contributed by atoms with Crippen LogP contribution in [-0.4, -0.2) is 32.6 Å². The second-order valence-electron chi connectivity index (χ2n) is 6.65. The lowest BCUT2D eigenvalue weighted by Gasteiger charge is -2.09. The molecule has 0 aliphatic rings. The Morgan fingerprint density at radius 1 is 1.21 bits per heavy atom. The molecule has 8 heteroatoms. The van der Waals surface area contributed by atoms with Gasteiger partial charge < -0.3 is 10.1 Å². The van der Waals surface area contributed by atoms with Gasteiger partial charge in [-0.15, -0.1) is 0 Å². The van der Waals surface area contributed by atoms with Crippen molar-refractivity contribution >= 4 is 23.2 Å². The number of benzene rings is 1. The first-order valence-electron chi connectivity index (χ1n) is 9.03. The summed E-state index contributed by atoms with van der Waals surface area (Å²) < 4.78 is 8.89. The van der Waals surface area contributed by atoms with Gasteiger partial charge in [-0.25, -0.2) is 0 Å². The van der Waals surface area contributed by atoms with Gasteiger partial charge in [-0.1, -0.05) is 23.7 Å². The van der Waals surface area contributed by atoms with Crippen LogP contribution in [-0.2, 0) is 17.9 Å². The molecule has 1 aromatic carbocycles. The monoisotopic (exact) mass is 401 g/mol. The van der Waals surface area contributed by atoms with Crippen molar-refractivity contribution in [2.75, 3.05) is 12.4 Å². The van der Waals surface area contributed by atoms with Crippen LogP contribution < -0.4 is 10.1 Å². The zero-order chi connectivity index (χ0) is 20.3. The first kappa shape index (κ1) is 19.9. The average Bonchev–Trinajstić information content (AvgIpc) is 3.14. The quantitative estimate of drug-likeness (QED) is 0.654. The van der Waals surface area contributed by atoms with Crippen molar-refractivity contribution < 1.29 is 9.53 Å². The molecule has 1 N–H and O–H groups in total. The Morgan fingerprint density at radius 3 is 2.68 bits per heavy atom. The molecule has 0 saturated carbocycles. The van der Waals surface area contributed by atoms with Crippen molar-refractivity contribution in [1.82, 2.24) is 19.6 Å². The van der Waals surface area contributed by atoms with E-state index in [0.29, 0.717) is 24.5 Å². The number of aromatic nitrogens is 4. The van der Waals surface area contributed by atoms with Crippen molar-refractivity contribution in [2.45, 2.75) is 40.3 Å². The van der Waals surface area contributed by atoms with E-state index in [1.807, 2.05) is 49.7 Å². The molecule has 0 unspecified atom stereocenters. The number of carbonyl (C=O) groups excluding carboxylic acids is 1. The van der Waals surface area contributed by atoms with Crippen LogP contribution in [0.2, 0.25) is 5.02 Å². The Kier molecular flexibility index (Phi) is 6.04. The highest BCUT2D eigenvalue weighted by Crippen LogP contribution is 2.22. The number of hydrogen-bond acceptors (Lipinski definition) is 4. The maximum atomic E-state index is 12.4. The van der Waals surface area contributed by atoms with Crippen LogP contribution in [0.1, 0.15) is 29.1 Å². The lowest BCUT2D eigenvalue weighted by molar-refractivity contribution is -0.116.